The minimum atomic E-state index is -3.42. The summed E-state index contributed by atoms with van der Waals surface area (Å²) in [5.74, 6) is 0.674. The van der Waals surface area contributed by atoms with E-state index in [9.17, 15) is 13.2 Å². The molecule has 2 aromatic carbocycles. The molecule has 0 bridgehead atoms. The second-order valence-electron chi connectivity index (χ2n) is 6.38. The molecular weight excluding hydrogens is 444 g/mol. The van der Waals surface area contributed by atoms with Crippen molar-refractivity contribution in [3.05, 3.63) is 58.6 Å². The van der Waals surface area contributed by atoms with Gasteiger partial charge in [-0.2, -0.15) is 0 Å². The average Bonchev–Trinajstić information content (AvgIpc) is 2.64. The number of sulfonamides is 1. The van der Waals surface area contributed by atoms with Crippen LogP contribution in [0.2, 0.25) is 0 Å². The first-order valence-electron chi connectivity index (χ1n) is 8.96. The molecule has 1 N–H and O–H groups in total. The summed E-state index contributed by atoms with van der Waals surface area (Å²) in [5.41, 5.74) is 1.63. The number of para-hydroxylation sites is 1. The molecule has 0 aliphatic rings. The van der Waals surface area contributed by atoms with Gasteiger partial charge in [0.1, 0.15) is 12.4 Å². The number of anilines is 1. The van der Waals surface area contributed by atoms with Crippen molar-refractivity contribution < 1.29 is 17.9 Å². The third kappa shape index (κ3) is 7.16. The lowest BCUT2D eigenvalue weighted by Gasteiger charge is -2.22. The Morgan fingerprint density at radius 1 is 1.14 bits per heavy atom. The fourth-order valence-electron chi connectivity index (χ4n) is 2.64. The maximum atomic E-state index is 12.1. The standard InChI is InChI=1S/C20H25BrN2O4S/c1-16-6-3-4-7-19(16)27-15-13-22-20(24)8-5-14-23(28(2,25)26)18-11-9-17(21)10-12-18/h3-4,6-7,9-12H,5,8,13-15H2,1-2H3,(H,22,24). The maximum Gasteiger partial charge on any atom is 0.232 e. The van der Waals surface area contributed by atoms with Crippen LogP contribution in [0.15, 0.2) is 53.0 Å². The highest BCUT2D eigenvalue weighted by Crippen LogP contribution is 2.21. The number of ether oxygens (including phenoxy) is 1. The van der Waals surface area contributed by atoms with Gasteiger partial charge in [-0.05, 0) is 49.2 Å². The van der Waals surface area contributed by atoms with Crippen LogP contribution in [0.1, 0.15) is 18.4 Å². The normalized spacial score (nSPS) is 11.1. The molecule has 152 valence electrons. The van der Waals surface area contributed by atoms with Gasteiger partial charge in [0.15, 0.2) is 0 Å². The van der Waals surface area contributed by atoms with E-state index in [1.807, 2.05) is 31.2 Å². The summed E-state index contributed by atoms with van der Waals surface area (Å²) in [6, 6.07) is 14.7. The minimum absolute atomic E-state index is 0.127. The maximum absolute atomic E-state index is 12.1. The zero-order valence-corrected chi connectivity index (χ0v) is 18.4. The first-order valence-corrected chi connectivity index (χ1v) is 11.6. The lowest BCUT2D eigenvalue weighted by atomic mass is 10.2. The van der Waals surface area contributed by atoms with Crippen LogP contribution in [0.4, 0.5) is 5.69 Å². The van der Waals surface area contributed by atoms with Crippen molar-refractivity contribution in [3.8, 4) is 5.75 Å². The lowest BCUT2D eigenvalue weighted by molar-refractivity contribution is -0.121. The molecule has 0 aliphatic carbocycles. The molecule has 6 nitrogen and oxygen atoms in total. The van der Waals surface area contributed by atoms with Gasteiger partial charge in [-0.25, -0.2) is 8.42 Å². The molecule has 0 unspecified atom stereocenters. The first kappa shape index (κ1) is 22.2. The summed E-state index contributed by atoms with van der Waals surface area (Å²) < 4.78 is 31.9. The molecule has 28 heavy (non-hydrogen) atoms. The van der Waals surface area contributed by atoms with E-state index in [0.717, 1.165) is 22.0 Å². The molecule has 0 fully saturated rings. The van der Waals surface area contributed by atoms with Crippen molar-refractivity contribution in [1.29, 1.82) is 0 Å². The molecule has 2 aromatic rings. The number of nitrogens with one attached hydrogen (secondary N) is 1. The van der Waals surface area contributed by atoms with E-state index in [4.69, 9.17) is 4.74 Å². The van der Waals surface area contributed by atoms with E-state index in [2.05, 4.69) is 21.2 Å². The average molecular weight is 469 g/mol. The summed E-state index contributed by atoms with van der Waals surface area (Å²) in [6.45, 7) is 2.99. The third-order valence-electron chi connectivity index (χ3n) is 4.06. The van der Waals surface area contributed by atoms with Crippen LogP contribution in [-0.2, 0) is 14.8 Å². The minimum Gasteiger partial charge on any atom is -0.491 e. The number of nitrogens with zero attached hydrogens (tertiary/aromatic N) is 1. The Morgan fingerprint density at radius 2 is 1.82 bits per heavy atom. The highest BCUT2D eigenvalue weighted by Gasteiger charge is 2.17. The van der Waals surface area contributed by atoms with Crippen LogP contribution in [0.3, 0.4) is 0 Å². The fourth-order valence-corrected chi connectivity index (χ4v) is 3.86. The number of hydrogen-bond donors (Lipinski definition) is 1. The van der Waals surface area contributed by atoms with Crippen molar-refractivity contribution in [2.24, 2.45) is 0 Å². The van der Waals surface area contributed by atoms with Crippen LogP contribution in [0.5, 0.6) is 5.75 Å². The van der Waals surface area contributed by atoms with Gasteiger partial charge in [0.25, 0.3) is 0 Å². The second kappa shape index (κ2) is 10.5. The molecule has 0 aromatic heterocycles. The Balaban J connectivity index is 1.75. The van der Waals surface area contributed by atoms with Crippen molar-refractivity contribution in [1.82, 2.24) is 5.32 Å². The van der Waals surface area contributed by atoms with Gasteiger partial charge < -0.3 is 10.1 Å². The number of aryl methyl sites for hydroxylation is 1. The molecule has 2 rings (SSSR count). The Bertz CT molecular complexity index is 885. The van der Waals surface area contributed by atoms with Crippen molar-refractivity contribution >= 4 is 37.5 Å². The monoisotopic (exact) mass is 468 g/mol. The molecule has 0 aliphatic heterocycles. The topological polar surface area (TPSA) is 75.7 Å². The summed E-state index contributed by atoms with van der Waals surface area (Å²) >= 11 is 3.33. The highest BCUT2D eigenvalue weighted by atomic mass is 79.9. The summed E-state index contributed by atoms with van der Waals surface area (Å²) in [6.07, 6.45) is 1.83. The second-order valence-corrected chi connectivity index (χ2v) is 9.20. The van der Waals surface area contributed by atoms with Gasteiger partial charge in [0, 0.05) is 17.4 Å². The van der Waals surface area contributed by atoms with Crippen molar-refractivity contribution in [2.75, 3.05) is 30.3 Å². The number of carbonyl (C=O) groups excluding carboxylic acids is 1. The molecule has 0 saturated carbocycles. The fraction of sp³-hybridized carbons (Fsp3) is 0.350. The smallest absolute Gasteiger partial charge is 0.232 e. The molecule has 0 atom stereocenters. The summed E-state index contributed by atoms with van der Waals surface area (Å²) in [7, 11) is -3.42. The van der Waals surface area contributed by atoms with Gasteiger partial charge >= 0.3 is 0 Å². The number of halogens is 1. The van der Waals surface area contributed by atoms with E-state index < -0.39 is 10.0 Å². The number of benzene rings is 2. The van der Waals surface area contributed by atoms with Crippen LogP contribution >= 0.6 is 15.9 Å². The molecule has 8 heteroatoms. The zero-order valence-electron chi connectivity index (χ0n) is 16.0. The largest absolute Gasteiger partial charge is 0.491 e. The van der Waals surface area contributed by atoms with Crippen molar-refractivity contribution in [2.45, 2.75) is 19.8 Å². The summed E-state index contributed by atoms with van der Waals surface area (Å²) in [5, 5.41) is 2.79. The van der Waals surface area contributed by atoms with Crippen molar-refractivity contribution in [3.63, 3.8) is 0 Å². The Morgan fingerprint density at radius 3 is 2.46 bits per heavy atom. The van der Waals surface area contributed by atoms with Gasteiger partial charge in [-0.3, -0.25) is 9.10 Å². The van der Waals surface area contributed by atoms with E-state index in [-0.39, 0.29) is 18.9 Å². The Labute approximate surface area is 175 Å². The summed E-state index contributed by atoms with van der Waals surface area (Å²) in [4.78, 5) is 12.0. The molecule has 0 spiro atoms. The molecule has 0 saturated heterocycles. The molecule has 0 radical (unpaired) electrons. The van der Waals surface area contributed by atoms with E-state index in [0.29, 0.717) is 25.3 Å². The van der Waals surface area contributed by atoms with Gasteiger partial charge in [0.05, 0.1) is 18.5 Å². The number of hydrogen-bond acceptors (Lipinski definition) is 4. The number of amides is 1. The predicted molar refractivity (Wildman–Crippen MR) is 115 cm³/mol. The van der Waals surface area contributed by atoms with Gasteiger partial charge in [-0.15, -0.1) is 0 Å². The molecule has 0 heterocycles. The third-order valence-corrected chi connectivity index (χ3v) is 5.78. The first-order chi connectivity index (χ1) is 13.3. The number of rotatable bonds is 10. The van der Waals surface area contributed by atoms with E-state index in [1.165, 1.54) is 4.31 Å². The Kier molecular flexibility index (Phi) is 8.32. The zero-order chi connectivity index (χ0) is 20.6. The van der Waals surface area contributed by atoms with E-state index >= 15 is 0 Å². The van der Waals surface area contributed by atoms with Crippen LogP contribution in [0, 0.1) is 6.92 Å². The van der Waals surface area contributed by atoms with Crippen LogP contribution in [0.25, 0.3) is 0 Å². The van der Waals surface area contributed by atoms with E-state index in [1.54, 1.807) is 24.3 Å². The lowest BCUT2D eigenvalue weighted by Crippen LogP contribution is -2.32. The molecule has 1 amide bonds. The quantitative estimate of drug-likeness (QED) is 0.541. The van der Waals surface area contributed by atoms with Gasteiger partial charge in [-0.1, -0.05) is 34.1 Å². The molecular formula is C20H25BrN2O4S. The van der Waals surface area contributed by atoms with Gasteiger partial charge in [0.2, 0.25) is 15.9 Å². The number of carbonyl (C=O) groups is 1. The van der Waals surface area contributed by atoms with Crippen LogP contribution < -0.4 is 14.4 Å². The van der Waals surface area contributed by atoms with Crippen LogP contribution in [-0.4, -0.2) is 40.3 Å². The SMILES string of the molecule is Cc1ccccc1OCCNC(=O)CCCN(c1ccc(Br)cc1)S(C)(=O)=O. The highest BCUT2D eigenvalue weighted by molar-refractivity contribution is 9.10. The Hall–Kier alpha value is -2.06. The predicted octanol–water partition coefficient (Wildman–Crippen LogP) is 3.50.